The van der Waals surface area contributed by atoms with Gasteiger partial charge in [0.2, 0.25) is 0 Å². The Labute approximate surface area is 153 Å². The third-order valence-corrected chi connectivity index (χ3v) is 4.61. The molecule has 2 aromatic rings. The Kier molecular flexibility index (Phi) is 6.04. The predicted molar refractivity (Wildman–Crippen MR) is 100 cm³/mol. The summed E-state index contributed by atoms with van der Waals surface area (Å²) in [4.78, 5) is 20.8. The molecular weight excluding hydrogens is 331 g/mol. The molecule has 0 unspecified atom stereocenters. The second-order valence-corrected chi connectivity index (χ2v) is 6.52. The highest BCUT2D eigenvalue weighted by Gasteiger charge is 2.14. The Bertz CT molecular complexity index is 729. The maximum Gasteiger partial charge on any atom is 0.317 e. The molecule has 0 saturated carbocycles. The highest BCUT2D eigenvalue weighted by Crippen LogP contribution is 2.17. The molecule has 1 aliphatic heterocycles. The Morgan fingerprint density at radius 2 is 2.04 bits per heavy atom. The molecule has 138 valence electrons. The third kappa shape index (κ3) is 4.71. The molecule has 26 heavy (non-hydrogen) atoms. The van der Waals surface area contributed by atoms with Crippen LogP contribution in [0.1, 0.15) is 30.9 Å². The first kappa shape index (κ1) is 18.2. The van der Waals surface area contributed by atoms with Crippen molar-refractivity contribution in [2.24, 2.45) is 0 Å². The number of rotatable bonds is 6. The SMILES string of the molecule is CCN(Cc1cccc(F)c1)C(=O)NCc1ccc(N2CCCC2)nc1. The van der Waals surface area contributed by atoms with Crippen molar-refractivity contribution in [3.05, 3.63) is 59.5 Å². The average Bonchev–Trinajstić information content (AvgIpc) is 3.19. The number of anilines is 1. The van der Waals surface area contributed by atoms with E-state index in [1.54, 1.807) is 11.0 Å². The van der Waals surface area contributed by atoms with Crippen molar-refractivity contribution in [1.29, 1.82) is 0 Å². The van der Waals surface area contributed by atoms with Gasteiger partial charge >= 0.3 is 6.03 Å². The first-order valence-corrected chi connectivity index (χ1v) is 9.13. The fraction of sp³-hybridized carbons (Fsp3) is 0.400. The Hall–Kier alpha value is -2.63. The molecule has 1 N–H and O–H groups in total. The van der Waals surface area contributed by atoms with Crippen molar-refractivity contribution in [2.45, 2.75) is 32.9 Å². The van der Waals surface area contributed by atoms with E-state index < -0.39 is 0 Å². The van der Waals surface area contributed by atoms with Gasteiger partial charge in [-0.25, -0.2) is 14.2 Å². The maximum atomic E-state index is 13.3. The van der Waals surface area contributed by atoms with E-state index in [-0.39, 0.29) is 11.8 Å². The monoisotopic (exact) mass is 356 g/mol. The lowest BCUT2D eigenvalue weighted by Crippen LogP contribution is -2.39. The number of carbonyl (C=O) groups is 1. The largest absolute Gasteiger partial charge is 0.357 e. The van der Waals surface area contributed by atoms with Gasteiger partial charge < -0.3 is 15.1 Å². The Balaban J connectivity index is 1.53. The number of hydrogen-bond donors (Lipinski definition) is 1. The summed E-state index contributed by atoms with van der Waals surface area (Å²) < 4.78 is 13.3. The lowest BCUT2D eigenvalue weighted by Gasteiger charge is -2.22. The summed E-state index contributed by atoms with van der Waals surface area (Å²) in [5.74, 6) is 0.710. The molecule has 3 rings (SSSR count). The second kappa shape index (κ2) is 8.65. The summed E-state index contributed by atoms with van der Waals surface area (Å²) in [5, 5.41) is 2.91. The second-order valence-electron chi connectivity index (χ2n) is 6.52. The molecule has 1 saturated heterocycles. The molecule has 0 atom stereocenters. The molecule has 5 nitrogen and oxygen atoms in total. The van der Waals surface area contributed by atoms with Crippen LogP contribution in [-0.4, -0.2) is 35.5 Å². The number of benzene rings is 1. The van der Waals surface area contributed by atoms with Crippen molar-refractivity contribution >= 4 is 11.8 Å². The minimum absolute atomic E-state index is 0.166. The first-order valence-electron chi connectivity index (χ1n) is 9.13. The molecule has 6 heteroatoms. The molecule has 1 fully saturated rings. The third-order valence-electron chi connectivity index (χ3n) is 4.61. The highest BCUT2D eigenvalue weighted by molar-refractivity contribution is 5.74. The number of hydrogen-bond acceptors (Lipinski definition) is 3. The lowest BCUT2D eigenvalue weighted by molar-refractivity contribution is 0.197. The average molecular weight is 356 g/mol. The zero-order valence-corrected chi connectivity index (χ0v) is 15.1. The summed E-state index contributed by atoms with van der Waals surface area (Å²) in [5.41, 5.74) is 1.74. The predicted octanol–water partition coefficient (Wildman–Crippen LogP) is 3.55. The fourth-order valence-corrected chi connectivity index (χ4v) is 3.13. The van der Waals surface area contributed by atoms with E-state index in [9.17, 15) is 9.18 Å². The van der Waals surface area contributed by atoms with Gasteiger partial charge in [-0.3, -0.25) is 0 Å². The minimum atomic E-state index is -0.289. The van der Waals surface area contributed by atoms with Gasteiger partial charge in [-0.1, -0.05) is 18.2 Å². The van der Waals surface area contributed by atoms with E-state index in [4.69, 9.17) is 0 Å². The minimum Gasteiger partial charge on any atom is -0.357 e. The van der Waals surface area contributed by atoms with Crippen LogP contribution in [0.4, 0.5) is 15.0 Å². The van der Waals surface area contributed by atoms with Gasteiger partial charge in [-0.15, -0.1) is 0 Å². The molecular formula is C20H25FN4O. The molecule has 1 aromatic carbocycles. The summed E-state index contributed by atoms with van der Waals surface area (Å²) in [6, 6.07) is 10.2. The van der Waals surface area contributed by atoms with Gasteiger partial charge in [0.25, 0.3) is 0 Å². The smallest absolute Gasteiger partial charge is 0.317 e. The molecule has 2 amide bonds. The van der Waals surface area contributed by atoms with Gasteiger partial charge in [0.1, 0.15) is 11.6 Å². The van der Waals surface area contributed by atoms with Crippen LogP contribution in [0.15, 0.2) is 42.6 Å². The van der Waals surface area contributed by atoms with E-state index in [1.807, 2.05) is 31.3 Å². The van der Waals surface area contributed by atoms with E-state index in [2.05, 4.69) is 15.2 Å². The number of pyridine rings is 1. The van der Waals surface area contributed by atoms with Gasteiger partial charge in [0.05, 0.1) is 0 Å². The maximum absolute atomic E-state index is 13.3. The summed E-state index contributed by atoms with van der Waals surface area (Å²) in [7, 11) is 0. The van der Waals surface area contributed by atoms with E-state index in [1.165, 1.54) is 25.0 Å². The quantitative estimate of drug-likeness (QED) is 0.861. The van der Waals surface area contributed by atoms with Crippen molar-refractivity contribution in [3.63, 3.8) is 0 Å². The van der Waals surface area contributed by atoms with Crippen LogP contribution in [0.25, 0.3) is 0 Å². The lowest BCUT2D eigenvalue weighted by atomic mass is 10.2. The van der Waals surface area contributed by atoms with Gasteiger partial charge in [0.15, 0.2) is 0 Å². The molecule has 0 aliphatic carbocycles. The number of urea groups is 1. The Morgan fingerprint density at radius 1 is 1.23 bits per heavy atom. The van der Waals surface area contributed by atoms with Crippen LogP contribution < -0.4 is 10.2 Å². The first-order chi connectivity index (χ1) is 12.7. The molecule has 2 heterocycles. The summed E-state index contributed by atoms with van der Waals surface area (Å²) >= 11 is 0. The number of amides is 2. The van der Waals surface area contributed by atoms with Crippen molar-refractivity contribution < 1.29 is 9.18 Å². The normalized spacial score (nSPS) is 13.7. The zero-order valence-electron chi connectivity index (χ0n) is 15.1. The molecule has 1 aliphatic rings. The topological polar surface area (TPSA) is 48.5 Å². The number of aromatic nitrogens is 1. The van der Waals surface area contributed by atoms with Crippen LogP contribution in [-0.2, 0) is 13.1 Å². The molecule has 0 spiro atoms. The van der Waals surface area contributed by atoms with Crippen molar-refractivity contribution in [1.82, 2.24) is 15.2 Å². The van der Waals surface area contributed by atoms with E-state index in [0.717, 1.165) is 30.0 Å². The van der Waals surface area contributed by atoms with Gasteiger partial charge in [-0.2, -0.15) is 0 Å². The van der Waals surface area contributed by atoms with Crippen LogP contribution >= 0.6 is 0 Å². The van der Waals surface area contributed by atoms with Crippen LogP contribution in [0.5, 0.6) is 0 Å². The van der Waals surface area contributed by atoms with Crippen LogP contribution in [0.3, 0.4) is 0 Å². The standard InChI is InChI=1S/C20H25FN4O/c1-2-24(15-16-6-5-7-18(21)12-16)20(26)23-14-17-8-9-19(22-13-17)25-10-3-4-11-25/h5-9,12-13H,2-4,10-11,14-15H2,1H3,(H,23,26). The van der Waals surface area contributed by atoms with Gasteiger partial charge in [-0.05, 0) is 49.1 Å². The summed E-state index contributed by atoms with van der Waals surface area (Å²) in [6.45, 7) is 5.39. The van der Waals surface area contributed by atoms with Crippen LogP contribution in [0.2, 0.25) is 0 Å². The van der Waals surface area contributed by atoms with Crippen molar-refractivity contribution in [3.8, 4) is 0 Å². The molecule has 0 radical (unpaired) electrons. The van der Waals surface area contributed by atoms with E-state index >= 15 is 0 Å². The summed E-state index contributed by atoms with van der Waals surface area (Å²) in [6.07, 6.45) is 4.26. The number of nitrogens with zero attached hydrogens (tertiary/aromatic N) is 3. The Morgan fingerprint density at radius 3 is 2.69 bits per heavy atom. The number of nitrogens with one attached hydrogen (secondary N) is 1. The number of halogens is 1. The molecule has 0 bridgehead atoms. The zero-order chi connectivity index (χ0) is 18.4. The fourth-order valence-electron chi connectivity index (χ4n) is 3.13. The van der Waals surface area contributed by atoms with E-state index in [0.29, 0.717) is 19.6 Å². The van der Waals surface area contributed by atoms with Crippen LogP contribution in [0, 0.1) is 5.82 Å². The highest BCUT2D eigenvalue weighted by atomic mass is 19.1. The molecule has 1 aromatic heterocycles. The van der Waals surface area contributed by atoms with Gasteiger partial charge in [0, 0.05) is 38.9 Å². The van der Waals surface area contributed by atoms with Crippen molar-refractivity contribution in [2.75, 3.05) is 24.5 Å². The number of carbonyl (C=O) groups excluding carboxylic acids is 1.